The summed E-state index contributed by atoms with van der Waals surface area (Å²) in [4.78, 5) is 14.4. The second-order valence-electron chi connectivity index (χ2n) is 6.55. The molecule has 0 radical (unpaired) electrons. The van der Waals surface area contributed by atoms with Gasteiger partial charge in [0.25, 0.3) is 0 Å². The van der Waals surface area contributed by atoms with Crippen LogP contribution in [0.4, 0.5) is 0 Å². The van der Waals surface area contributed by atoms with Gasteiger partial charge in [0.1, 0.15) is 0 Å². The van der Waals surface area contributed by atoms with Gasteiger partial charge in [-0.1, -0.05) is 45.0 Å². The molecule has 2 rings (SSSR count). The summed E-state index contributed by atoms with van der Waals surface area (Å²) < 4.78 is 0. The Balaban J connectivity index is 2.07. The second kappa shape index (κ2) is 6.21. The lowest BCUT2D eigenvalue weighted by Gasteiger charge is -2.28. The average Bonchev–Trinajstić information content (AvgIpc) is 2.63. The Morgan fingerprint density at radius 1 is 1.25 bits per heavy atom. The Morgan fingerprint density at radius 2 is 1.95 bits per heavy atom. The molecule has 0 aromatic heterocycles. The molecule has 110 valence electrons. The van der Waals surface area contributed by atoms with E-state index >= 15 is 0 Å². The third-order valence-electron chi connectivity index (χ3n) is 3.81. The first-order chi connectivity index (χ1) is 9.39. The molecule has 1 aliphatic heterocycles. The van der Waals surface area contributed by atoms with Crippen LogP contribution in [0.2, 0.25) is 0 Å². The molecule has 1 aromatic rings. The number of carbonyl (C=O) groups is 1. The standard InChI is InChI=1S/C17H25NOS/c1-13-7-5-6-8-14(13)15-9-10-18(11-12-20-15)16(19)17(2,3)4/h5-8,15H,9-12H2,1-4H3. The molecule has 1 saturated heterocycles. The van der Waals surface area contributed by atoms with Gasteiger partial charge in [0.05, 0.1) is 0 Å². The fourth-order valence-corrected chi connectivity index (χ4v) is 3.97. The molecular weight excluding hydrogens is 266 g/mol. The van der Waals surface area contributed by atoms with Gasteiger partial charge in [0, 0.05) is 29.5 Å². The molecule has 0 N–H and O–H groups in total. The van der Waals surface area contributed by atoms with E-state index in [0.29, 0.717) is 5.25 Å². The maximum atomic E-state index is 12.4. The van der Waals surface area contributed by atoms with Crippen LogP contribution < -0.4 is 0 Å². The van der Waals surface area contributed by atoms with Crippen LogP contribution in [0.15, 0.2) is 24.3 Å². The van der Waals surface area contributed by atoms with E-state index < -0.39 is 0 Å². The van der Waals surface area contributed by atoms with Gasteiger partial charge in [-0.25, -0.2) is 0 Å². The van der Waals surface area contributed by atoms with Crippen LogP contribution >= 0.6 is 11.8 Å². The van der Waals surface area contributed by atoms with E-state index in [4.69, 9.17) is 0 Å². The average molecular weight is 291 g/mol. The SMILES string of the molecule is Cc1ccccc1C1CCN(C(=O)C(C)(C)C)CCS1. The number of rotatable bonds is 1. The Hall–Kier alpha value is -0.960. The van der Waals surface area contributed by atoms with Crippen LogP contribution in [-0.2, 0) is 4.79 Å². The molecule has 0 spiro atoms. The van der Waals surface area contributed by atoms with Crippen LogP contribution in [0.25, 0.3) is 0 Å². The summed E-state index contributed by atoms with van der Waals surface area (Å²) in [5.74, 6) is 1.31. The number of carbonyl (C=O) groups excluding carboxylic acids is 1. The highest BCUT2D eigenvalue weighted by Gasteiger charge is 2.29. The molecule has 1 amide bonds. The van der Waals surface area contributed by atoms with Crippen LogP contribution in [0.5, 0.6) is 0 Å². The van der Waals surface area contributed by atoms with Gasteiger partial charge >= 0.3 is 0 Å². The maximum absolute atomic E-state index is 12.4. The van der Waals surface area contributed by atoms with E-state index in [0.717, 1.165) is 25.3 Å². The van der Waals surface area contributed by atoms with Crippen LogP contribution in [0, 0.1) is 12.3 Å². The number of aryl methyl sites for hydroxylation is 1. The molecule has 0 saturated carbocycles. The van der Waals surface area contributed by atoms with E-state index in [1.165, 1.54) is 11.1 Å². The van der Waals surface area contributed by atoms with Crippen molar-refractivity contribution in [2.75, 3.05) is 18.8 Å². The molecule has 0 aliphatic carbocycles. The topological polar surface area (TPSA) is 20.3 Å². The number of hydrogen-bond donors (Lipinski definition) is 0. The fourth-order valence-electron chi connectivity index (χ4n) is 2.64. The van der Waals surface area contributed by atoms with Gasteiger partial charge < -0.3 is 4.90 Å². The highest BCUT2D eigenvalue weighted by Crippen LogP contribution is 2.36. The molecule has 2 nitrogen and oxygen atoms in total. The van der Waals surface area contributed by atoms with Crippen molar-refractivity contribution in [3.63, 3.8) is 0 Å². The van der Waals surface area contributed by atoms with Crippen molar-refractivity contribution in [1.29, 1.82) is 0 Å². The van der Waals surface area contributed by atoms with Crippen molar-refractivity contribution in [3.05, 3.63) is 35.4 Å². The van der Waals surface area contributed by atoms with Gasteiger partial charge in [-0.15, -0.1) is 0 Å². The summed E-state index contributed by atoms with van der Waals surface area (Å²) in [6.07, 6.45) is 1.05. The first kappa shape index (κ1) is 15.4. The van der Waals surface area contributed by atoms with Crippen molar-refractivity contribution in [2.45, 2.75) is 39.4 Å². The number of hydrogen-bond acceptors (Lipinski definition) is 2. The first-order valence-electron chi connectivity index (χ1n) is 7.36. The largest absolute Gasteiger partial charge is 0.341 e. The van der Waals surface area contributed by atoms with Crippen molar-refractivity contribution < 1.29 is 4.79 Å². The number of thioether (sulfide) groups is 1. The summed E-state index contributed by atoms with van der Waals surface area (Å²) in [5, 5.41) is 0.522. The number of nitrogens with zero attached hydrogens (tertiary/aromatic N) is 1. The van der Waals surface area contributed by atoms with Crippen LogP contribution in [-0.4, -0.2) is 29.6 Å². The zero-order valence-electron chi connectivity index (χ0n) is 13.0. The molecule has 1 aliphatic rings. The molecule has 20 heavy (non-hydrogen) atoms. The minimum Gasteiger partial charge on any atom is -0.341 e. The minimum absolute atomic E-state index is 0.271. The van der Waals surface area contributed by atoms with Crippen molar-refractivity contribution in [3.8, 4) is 0 Å². The third kappa shape index (κ3) is 3.57. The molecule has 0 bridgehead atoms. The Bertz CT molecular complexity index is 478. The van der Waals surface area contributed by atoms with Crippen LogP contribution in [0.3, 0.4) is 0 Å². The summed E-state index contributed by atoms with van der Waals surface area (Å²) in [6.45, 7) is 9.95. The highest BCUT2D eigenvalue weighted by atomic mass is 32.2. The van der Waals surface area contributed by atoms with Gasteiger partial charge in [-0.3, -0.25) is 4.79 Å². The predicted molar refractivity (Wildman–Crippen MR) is 87.0 cm³/mol. The summed E-state index contributed by atoms with van der Waals surface area (Å²) in [6, 6.07) is 8.62. The molecule has 3 heteroatoms. The fraction of sp³-hybridized carbons (Fsp3) is 0.588. The second-order valence-corrected chi connectivity index (χ2v) is 7.86. The smallest absolute Gasteiger partial charge is 0.227 e. The van der Waals surface area contributed by atoms with Crippen molar-refractivity contribution in [1.82, 2.24) is 4.90 Å². The number of amides is 1. The Kier molecular flexibility index (Phi) is 4.79. The first-order valence-corrected chi connectivity index (χ1v) is 8.41. The Labute approximate surface area is 126 Å². The van der Waals surface area contributed by atoms with Crippen molar-refractivity contribution >= 4 is 17.7 Å². The molecule has 1 aromatic carbocycles. The highest BCUT2D eigenvalue weighted by molar-refractivity contribution is 7.99. The van der Waals surface area contributed by atoms with E-state index in [9.17, 15) is 4.79 Å². The molecule has 1 unspecified atom stereocenters. The molecule has 1 fully saturated rings. The number of benzene rings is 1. The summed E-state index contributed by atoms with van der Waals surface area (Å²) in [7, 11) is 0. The monoisotopic (exact) mass is 291 g/mol. The Morgan fingerprint density at radius 3 is 2.60 bits per heavy atom. The van der Waals surface area contributed by atoms with Gasteiger partial charge in [0.2, 0.25) is 5.91 Å². The van der Waals surface area contributed by atoms with E-state index in [1.807, 2.05) is 37.4 Å². The molecule has 1 heterocycles. The molecular formula is C17H25NOS. The lowest BCUT2D eigenvalue weighted by molar-refractivity contribution is -0.139. The lowest BCUT2D eigenvalue weighted by Crippen LogP contribution is -2.40. The van der Waals surface area contributed by atoms with E-state index in [2.05, 4.69) is 31.2 Å². The summed E-state index contributed by atoms with van der Waals surface area (Å²) in [5.41, 5.74) is 2.52. The maximum Gasteiger partial charge on any atom is 0.227 e. The van der Waals surface area contributed by atoms with Gasteiger partial charge in [-0.2, -0.15) is 11.8 Å². The normalized spacial score (nSPS) is 20.6. The zero-order chi connectivity index (χ0) is 14.8. The van der Waals surface area contributed by atoms with Gasteiger partial charge in [-0.05, 0) is 24.5 Å². The van der Waals surface area contributed by atoms with E-state index in [1.54, 1.807) is 0 Å². The van der Waals surface area contributed by atoms with Crippen molar-refractivity contribution in [2.24, 2.45) is 5.41 Å². The van der Waals surface area contributed by atoms with E-state index in [-0.39, 0.29) is 11.3 Å². The zero-order valence-corrected chi connectivity index (χ0v) is 13.8. The predicted octanol–water partition coefficient (Wildman–Crippen LogP) is 4.05. The lowest BCUT2D eigenvalue weighted by atomic mass is 9.94. The quantitative estimate of drug-likeness (QED) is 0.778. The third-order valence-corrected chi connectivity index (χ3v) is 5.12. The summed E-state index contributed by atoms with van der Waals surface area (Å²) >= 11 is 1.99. The van der Waals surface area contributed by atoms with Crippen LogP contribution in [0.1, 0.15) is 43.6 Å². The molecule has 1 atom stereocenters. The minimum atomic E-state index is -0.271. The van der Waals surface area contributed by atoms with Gasteiger partial charge in [0.15, 0.2) is 0 Å².